The van der Waals surface area contributed by atoms with E-state index in [1.807, 2.05) is 18.2 Å². The lowest BCUT2D eigenvalue weighted by molar-refractivity contribution is 0.455. The molecule has 0 bridgehead atoms. The third kappa shape index (κ3) is 2.96. The van der Waals surface area contributed by atoms with E-state index in [0.717, 1.165) is 18.8 Å². The second-order valence-corrected chi connectivity index (χ2v) is 4.88. The molecule has 1 aromatic carbocycles. The Balaban J connectivity index is 1.77. The van der Waals surface area contributed by atoms with Crippen molar-refractivity contribution in [3.05, 3.63) is 41.6 Å². The average molecular weight is 276 g/mol. The first-order valence-corrected chi connectivity index (χ1v) is 6.71. The summed E-state index contributed by atoms with van der Waals surface area (Å²) in [6.07, 6.45) is 2.52. The van der Waals surface area contributed by atoms with Crippen LogP contribution in [0.5, 0.6) is 11.6 Å². The first-order chi connectivity index (χ1) is 9.31. The van der Waals surface area contributed by atoms with Crippen molar-refractivity contribution in [2.75, 3.05) is 18.0 Å². The molecule has 0 spiro atoms. The Labute approximate surface area is 117 Å². The summed E-state index contributed by atoms with van der Waals surface area (Å²) >= 11 is 5.69. The number of hydrogen-bond donors (Lipinski definition) is 0. The quantitative estimate of drug-likeness (QED) is 0.859. The Morgan fingerprint density at radius 1 is 1.05 bits per heavy atom. The maximum absolute atomic E-state index is 5.69. The number of ether oxygens (including phenoxy) is 1. The van der Waals surface area contributed by atoms with Gasteiger partial charge in [0, 0.05) is 30.9 Å². The molecule has 3 rings (SSSR count). The van der Waals surface area contributed by atoms with Crippen LogP contribution in [0.4, 0.5) is 5.69 Å². The summed E-state index contributed by atoms with van der Waals surface area (Å²) in [5.41, 5.74) is 1.19. The highest BCUT2D eigenvalue weighted by atomic mass is 35.5. The fourth-order valence-corrected chi connectivity index (χ4v) is 2.30. The highest BCUT2D eigenvalue weighted by Crippen LogP contribution is 2.27. The summed E-state index contributed by atoms with van der Waals surface area (Å²) < 4.78 is 5.67. The molecule has 2 heterocycles. The van der Waals surface area contributed by atoms with Crippen LogP contribution >= 0.6 is 11.6 Å². The zero-order valence-electron chi connectivity index (χ0n) is 10.4. The normalized spacial score (nSPS) is 14.7. The molecule has 1 fully saturated rings. The Kier molecular flexibility index (Phi) is 3.51. The Hall–Kier alpha value is -1.81. The van der Waals surface area contributed by atoms with Crippen LogP contribution in [-0.4, -0.2) is 23.3 Å². The van der Waals surface area contributed by atoms with Crippen molar-refractivity contribution in [2.45, 2.75) is 12.8 Å². The van der Waals surface area contributed by atoms with Crippen molar-refractivity contribution in [3.63, 3.8) is 0 Å². The van der Waals surface area contributed by atoms with Gasteiger partial charge in [-0.05, 0) is 31.0 Å². The van der Waals surface area contributed by atoms with Gasteiger partial charge in [-0.1, -0.05) is 17.7 Å². The maximum Gasteiger partial charge on any atom is 0.238 e. The zero-order valence-corrected chi connectivity index (χ0v) is 11.2. The van der Waals surface area contributed by atoms with Gasteiger partial charge in [-0.15, -0.1) is 10.2 Å². The second-order valence-electron chi connectivity index (χ2n) is 4.49. The molecule has 0 radical (unpaired) electrons. The molecule has 1 aliphatic rings. The van der Waals surface area contributed by atoms with Gasteiger partial charge in [0.2, 0.25) is 5.88 Å². The maximum atomic E-state index is 5.69. The number of rotatable bonds is 3. The van der Waals surface area contributed by atoms with E-state index in [-0.39, 0.29) is 0 Å². The van der Waals surface area contributed by atoms with Gasteiger partial charge in [-0.25, -0.2) is 0 Å². The Morgan fingerprint density at radius 3 is 2.63 bits per heavy atom. The fourth-order valence-electron chi connectivity index (χ4n) is 2.20. The average Bonchev–Trinajstić information content (AvgIpc) is 2.96. The van der Waals surface area contributed by atoms with Crippen LogP contribution in [0, 0.1) is 0 Å². The van der Waals surface area contributed by atoms with Crippen LogP contribution in [-0.2, 0) is 0 Å². The van der Waals surface area contributed by atoms with E-state index in [1.165, 1.54) is 18.5 Å². The minimum atomic E-state index is 0.359. The molecule has 2 aromatic rings. The standard InChI is InChI=1S/C14H14ClN3O/c15-13-6-7-14(17-16-13)19-12-5-3-4-11(10-12)18-8-1-2-9-18/h3-7,10H,1-2,8-9H2. The van der Waals surface area contributed by atoms with Crippen molar-refractivity contribution in [3.8, 4) is 11.6 Å². The van der Waals surface area contributed by atoms with Crippen LogP contribution in [0.25, 0.3) is 0 Å². The molecule has 4 nitrogen and oxygen atoms in total. The molecule has 1 saturated heterocycles. The number of anilines is 1. The lowest BCUT2D eigenvalue weighted by Gasteiger charge is -2.18. The molecule has 1 aromatic heterocycles. The van der Waals surface area contributed by atoms with E-state index in [2.05, 4.69) is 21.2 Å². The monoisotopic (exact) mass is 275 g/mol. The number of nitrogens with zero attached hydrogens (tertiary/aromatic N) is 3. The fraction of sp³-hybridized carbons (Fsp3) is 0.286. The zero-order chi connectivity index (χ0) is 13.1. The van der Waals surface area contributed by atoms with Gasteiger partial charge < -0.3 is 9.64 Å². The predicted octanol–water partition coefficient (Wildman–Crippen LogP) is 3.52. The molecule has 0 saturated carbocycles. The second kappa shape index (κ2) is 5.45. The summed E-state index contributed by atoms with van der Waals surface area (Å²) in [4.78, 5) is 2.36. The lowest BCUT2D eigenvalue weighted by atomic mass is 10.3. The van der Waals surface area contributed by atoms with Crippen LogP contribution in [0.3, 0.4) is 0 Å². The van der Waals surface area contributed by atoms with Crippen LogP contribution in [0.2, 0.25) is 5.15 Å². The lowest BCUT2D eigenvalue weighted by Crippen LogP contribution is -2.17. The van der Waals surface area contributed by atoms with Gasteiger partial charge >= 0.3 is 0 Å². The van der Waals surface area contributed by atoms with E-state index in [4.69, 9.17) is 16.3 Å². The van der Waals surface area contributed by atoms with Gasteiger partial charge in [-0.2, -0.15) is 0 Å². The van der Waals surface area contributed by atoms with Crippen molar-refractivity contribution in [1.82, 2.24) is 10.2 Å². The smallest absolute Gasteiger partial charge is 0.238 e. The van der Waals surface area contributed by atoms with Crippen LogP contribution in [0.1, 0.15) is 12.8 Å². The third-order valence-corrected chi connectivity index (χ3v) is 3.32. The SMILES string of the molecule is Clc1ccc(Oc2cccc(N3CCCC3)c2)nn1. The molecule has 5 heteroatoms. The van der Waals surface area contributed by atoms with E-state index >= 15 is 0 Å². The predicted molar refractivity (Wildman–Crippen MR) is 75.0 cm³/mol. The van der Waals surface area contributed by atoms with E-state index in [9.17, 15) is 0 Å². The summed E-state index contributed by atoms with van der Waals surface area (Å²) in [5, 5.41) is 8.00. The van der Waals surface area contributed by atoms with Gasteiger partial charge in [0.1, 0.15) is 5.75 Å². The van der Waals surface area contributed by atoms with Crippen molar-refractivity contribution >= 4 is 17.3 Å². The summed E-state index contributed by atoms with van der Waals surface area (Å²) in [7, 11) is 0. The number of benzene rings is 1. The van der Waals surface area contributed by atoms with Crippen molar-refractivity contribution < 1.29 is 4.74 Å². The van der Waals surface area contributed by atoms with Gasteiger partial charge in [0.15, 0.2) is 5.15 Å². The number of hydrogen-bond acceptors (Lipinski definition) is 4. The van der Waals surface area contributed by atoms with Gasteiger partial charge in [-0.3, -0.25) is 0 Å². The molecule has 0 aliphatic carbocycles. The highest BCUT2D eigenvalue weighted by Gasteiger charge is 2.12. The molecule has 0 atom stereocenters. The summed E-state index contributed by atoms with van der Waals surface area (Å²) in [6, 6.07) is 11.4. The molecule has 1 aliphatic heterocycles. The van der Waals surface area contributed by atoms with E-state index in [1.54, 1.807) is 12.1 Å². The molecular weight excluding hydrogens is 262 g/mol. The number of aromatic nitrogens is 2. The largest absolute Gasteiger partial charge is 0.437 e. The number of halogens is 1. The topological polar surface area (TPSA) is 38.2 Å². The first-order valence-electron chi connectivity index (χ1n) is 6.33. The molecule has 0 amide bonds. The van der Waals surface area contributed by atoms with Crippen LogP contribution < -0.4 is 9.64 Å². The van der Waals surface area contributed by atoms with Crippen molar-refractivity contribution in [2.24, 2.45) is 0 Å². The molecule has 0 N–H and O–H groups in total. The van der Waals surface area contributed by atoms with Crippen molar-refractivity contribution in [1.29, 1.82) is 0 Å². The summed E-state index contributed by atoms with van der Waals surface area (Å²) in [5.74, 6) is 1.21. The van der Waals surface area contributed by atoms with Gasteiger partial charge in [0.25, 0.3) is 0 Å². The first kappa shape index (κ1) is 12.2. The Bertz CT molecular complexity index is 553. The minimum Gasteiger partial charge on any atom is -0.437 e. The third-order valence-electron chi connectivity index (χ3n) is 3.12. The Morgan fingerprint density at radius 2 is 1.89 bits per heavy atom. The summed E-state index contributed by atoms with van der Waals surface area (Å²) in [6.45, 7) is 2.23. The van der Waals surface area contributed by atoms with Gasteiger partial charge in [0.05, 0.1) is 0 Å². The minimum absolute atomic E-state index is 0.359. The molecule has 98 valence electrons. The molecule has 0 unspecified atom stereocenters. The molecular formula is C14H14ClN3O. The highest BCUT2D eigenvalue weighted by molar-refractivity contribution is 6.29. The van der Waals surface area contributed by atoms with Crippen LogP contribution in [0.15, 0.2) is 36.4 Å². The van der Waals surface area contributed by atoms with E-state index in [0.29, 0.717) is 11.0 Å². The molecule has 19 heavy (non-hydrogen) atoms. The van der Waals surface area contributed by atoms with E-state index < -0.39 is 0 Å².